The van der Waals surface area contributed by atoms with E-state index in [1.54, 1.807) is 6.08 Å². The number of hydrogen-bond acceptors (Lipinski definition) is 8. The number of pyridine rings is 1. The van der Waals surface area contributed by atoms with Gasteiger partial charge in [-0.2, -0.15) is 21.6 Å². The van der Waals surface area contributed by atoms with Crippen LogP contribution in [0.25, 0.3) is 6.08 Å². The molecule has 2 saturated carbocycles. The van der Waals surface area contributed by atoms with E-state index in [0.717, 1.165) is 37.9 Å². The first kappa shape index (κ1) is 24.5. The van der Waals surface area contributed by atoms with Crippen LogP contribution in [0.1, 0.15) is 38.3 Å². The van der Waals surface area contributed by atoms with Crippen molar-refractivity contribution < 1.29 is 44.8 Å². The van der Waals surface area contributed by atoms with Crippen LogP contribution in [0.5, 0.6) is 5.75 Å². The molecule has 2 aliphatic heterocycles. The first-order chi connectivity index (χ1) is 16.5. The van der Waals surface area contributed by atoms with Gasteiger partial charge in [0.1, 0.15) is 6.10 Å². The predicted octanol–water partition coefficient (Wildman–Crippen LogP) is 3.68. The van der Waals surface area contributed by atoms with Gasteiger partial charge in [-0.25, -0.2) is 0 Å². The first-order valence-corrected chi connectivity index (χ1v) is 13.0. The number of ether oxygens (including phenoxy) is 3. The standard InChI is InChI=1S/C23H26F3NO7S/c1-13-20-18(5-3-15-2-4-16(12-27-15)34-35(29,30)23(24,25)26)17-6-7-22(31-8-9-32-22)11-14(17)10-19(20)21(28)33-13/h2-5,12-14,17-20H,6-11H2,1H3/t13-,14-,17-,18+,19-,20+/m1/s1. The average Bonchev–Trinajstić information content (AvgIpc) is 3.35. The van der Waals surface area contributed by atoms with E-state index in [9.17, 15) is 26.4 Å². The summed E-state index contributed by atoms with van der Waals surface area (Å²) in [5.74, 6) is -0.929. The van der Waals surface area contributed by atoms with Gasteiger partial charge in [0.2, 0.25) is 0 Å². The quantitative estimate of drug-likeness (QED) is 0.339. The van der Waals surface area contributed by atoms with E-state index in [2.05, 4.69) is 9.17 Å². The normalized spacial score (nSPS) is 34.6. The van der Waals surface area contributed by atoms with Crippen LogP contribution >= 0.6 is 0 Å². The molecular formula is C23H26F3NO7S. The number of aromatic nitrogens is 1. The average molecular weight is 518 g/mol. The van der Waals surface area contributed by atoms with Gasteiger partial charge >= 0.3 is 21.6 Å². The second kappa shape index (κ2) is 8.74. The molecule has 0 radical (unpaired) electrons. The molecule has 0 aromatic carbocycles. The molecule has 3 heterocycles. The fraction of sp³-hybridized carbons (Fsp3) is 0.652. The van der Waals surface area contributed by atoms with Crippen molar-refractivity contribution in [3.05, 3.63) is 30.1 Å². The fourth-order valence-electron chi connectivity index (χ4n) is 6.27. The maximum absolute atomic E-state index is 12.6. The smallest absolute Gasteiger partial charge is 0.462 e. The Morgan fingerprint density at radius 2 is 1.97 bits per heavy atom. The molecule has 1 spiro atoms. The van der Waals surface area contributed by atoms with Crippen molar-refractivity contribution in [2.45, 2.75) is 50.0 Å². The molecule has 192 valence electrons. The Hall–Kier alpha value is -2.18. The SMILES string of the molecule is C[C@H]1OC(=O)[C@@H]2C[C@@H]3CC4(CC[C@H]3[C@H](C=Cc3ccc(OS(=O)(=O)C(F)(F)F)cn3)[C@H]12)OCCO4. The summed E-state index contributed by atoms with van der Waals surface area (Å²) in [6.07, 6.45) is 7.55. The molecule has 2 aliphatic carbocycles. The number of hydrogen-bond donors (Lipinski definition) is 0. The van der Waals surface area contributed by atoms with Crippen LogP contribution in [0, 0.1) is 29.6 Å². The lowest BCUT2D eigenvalue weighted by atomic mass is 9.56. The van der Waals surface area contributed by atoms with Crippen molar-refractivity contribution in [3.8, 4) is 5.75 Å². The van der Waals surface area contributed by atoms with E-state index >= 15 is 0 Å². The highest BCUT2D eigenvalue weighted by Crippen LogP contribution is 2.56. The highest BCUT2D eigenvalue weighted by atomic mass is 32.2. The van der Waals surface area contributed by atoms with E-state index in [1.165, 1.54) is 6.07 Å². The summed E-state index contributed by atoms with van der Waals surface area (Å²) in [7, 11) is -5.76. The second-order valence-electron chi connectivity index (χ2n) is 9.67. The van der Waals surface area contributed by atoms with Crippen molar-refractivity contribution in [3.63, 3.8) is 0 Å². The minimum Gasteiger partial charge on any atom is -0.462 e. The van der Waals surface area contributed by atoms with Crippen LogP contribution in [-0.2, 0) is 29.1 Å². The van der Waals surface area contributed by atoms with Crippen molar-refractivity contribution >= 4 is 22.2 Å². The molecule has 8 nitrogen and oxygen atoms in total. The second-order valence-corrected chi connectivity index (χ2v) is 11.2. The molecule has 4 fully saturated rings. The van der Waals surface area contributed by atoms with Gasteiger partial charge in [0.25, 0.3) is 0 Å². The van der Waals surface area contributed by atoms with Crippen LogP contribution in [-0.4, -0.2) is 50.0 Å². The number of esters is 1. The third-order valence-corrected chi connectivity index (χ3v) is 8.67. The lowest BCUT2D eigenvalue weighted by Crippen LogP contribution is -2.49. The van der Waals surface area contributed by atoms with E-state index in [4.69, 9.17) is 14.2 Å². The molecule has 6 atom stereocenters. The molecule has 2 saturated heterocycles. The van der Waals surface area contributed by atoms with Crippen molar-refractivity contribution in [2.24, 2.45) is 29.6 Å². The Labute approximate surface area is 200 Å². The largest absolute Gasteiger partial charge is 0.534 e. The van der Waals surface area contributed by atoms with Crippen LogP contribution in [0.3, 0.4) is 0 Å². The van der Waals surface area contributed by atoms with Gasteiger partial charge in [0.15, 0.2) is 11.5 Å². The van der Waals surface area contributed by atoms with Crippen LogP contribution in [0.2, 0.25) is 0 Å². The molecule has 4 aliphatic rings. The van der Waals surface area contributed by atoms with E-state index in [0.29, 0.717) is 24.8 Å². The topological polar surface area (TPSA) is 101 Å². The Balaban J connectivity index is 1.35. The summed E-state index contributed by atoms with van der Waals surface area (Å²) in [5, 5.41) is 0. The monoisotopic (exact) mass is 517 g/mol. The number of carbonyl (C=O) groups excluding carboxylic acids is 1. The zero-order chi connectivity index (χ0) is 25.0. The number of cyclic esters (lactones) is 1. The molecule has 1 aromatic heterocycles. The molecular weight excluding hydrogens is 491 g/mol. The molecule has 0 amide bonds. The minimum absolute atomic E-state index is 0.0130. The number of nitrogens with zero attached hydrogens (tertiary/aromatic N) is 1. The number of halogens is 3. The summed E-state index contributed by atoms with van der Waals surface area (Å²) in [4.78, 5) is 16.6. The predicted molar refractivity (Wildman–Crippen MR) is 115 cm³/mol. The third-order valence-electron chi connectivity index (χ3n) is 7.70. The summed E-state index contributed by atoms with van der Waals surface area (Å²) < 4.78 is 81.5. The highest BCUT2D eigenvalue weighted by Gasteiger charge is 2.57. The third kappa shape index (κ3) is 4.55. The maximum atomic E-state index is 12.6. The Morgan fingerprint density at radius 3 is 2.63 bits per heavy atom. The zero-order valence-electron chi connectivity index (χ0n) is 18.9. The highest BCUT2D eigenvalue weighted by molar-refractivity contribution is 7.88. The lowest BCUT2D eigenvalue weighted by Gasteiger charge is -2.49. The maximum Gasteiger partial charge on any atom is 0.534 e. The molecule has 35 heavy (non-hydrogen) atoms. The molecule has 5 rings (SSSR count). The van der Waals surface area contributed by atoms with Crippen molar-refractivity contribution in [1.82, 2.24) is 4.98 Å². The van der Waals surface area contributed by atoms with Crippen LogP contribution in [0.15, 0.2) is 24.4 Å². The van der Waals surface area contributed by atoms with Gasteiger partial charge in [-0.05, 0) is 55.7 Å². The first-order valence-electron chi connectivity index (χ1n) is 11.6. The van der Waals surface area contributed by atoms with Gasteiger partial charge in [0.05, 0.1) is 31.0 Å². The number of fused-ring (bicyclic) bond motifs is 2. The Bertz CT molecular complexity index is 1100. The molecule has 0 unspecified atom stereocenters. The Kier molecular flexibility index (Phi) is 6.12. The van der Waals surface area contributed by atoms with Crippen LogP contribution in [0.4, 0.5) is 13.2 Å². The van der Waals surface area contributed by atoms with E-state index in [-0.39, 0.29) is 35.7 Å². The van der Waals surface area contributed by atoms with Gasteiger partial charge in [-0.1, -0.05) is 6.08 Å². The molecule has 1 aromatic rings. The van der Waals surface area contributed by atoms with E-state index < -0.39 is 27.2 Å². The zero-order valence-corrected chi connectivity index (χ0v) is 19.8. The number of carbonyl (C=O) groups is 1. The number of alkyl halides is 3. The van der Waals surface area contributed by atoms with E-state index in [1.807, 2.05) is 13.0 Å². The van der Waals surface area contributed by atoms with Crippen molar-refractivity contribution in [2.75, 3.05) is 13.2 Å². The summed E-state index contributed by atoms with van der Waals surface area (Å²) >= 11 is 0. The lowest BCUT2D eigenvalue weighted by molar-refractivity contribution is -0.204. The Morgan fingerprint density at radius 1 is 1.23 bits per heavy atom. The number of rotatable bonds is 4. The summed E-state index contributed by atoms with van der Waals surface area (Å²) in [6, 6.07) is 2.50. The van der Waals surface area contributed by atoms with Gasteiger partial charge in [-0.3, -0.25) is 9.78 Å². The van der Waals surface area contributed by atoms with Gasteiger partial charge < -0.3 is 18.4 Å². The molecule has 12 heteroatoms. The molecule has 0 N–H and O–H groups in total. The van der Waals surface area contributed by atoms with Gasteiger partial charge in [0, 0.05) is 18.8 Å². The molecule has 0 bridgehead atoms. The fourth-order valence-corrected chi connectivity index (χ4v) is 6.72. The van der Waals surface area contributed by atoms with Gasteiger partial charge in [-0.15, -0.1) is 0 Å². The van der Waals surface area contributed by atoms with Crippen molar-refractivity contribution in [1.29, 1.82) is 0 Å². The summed E-state index contributed by atoms with van der Waals surface area (Å²) in [5.41, 5.74) is -5.10. The minimum atomic E-state index is -5.76. The number of allylic oxidation sites excluding steroid dienone is 1. The summed E-state index contributed by atoms with van der Waals surface area (Å²) in [6.45, 7) is 3.05. The van der Waals surface area contributed by atoms with Crippen LogP contribution < -0.4 is 4.18 Å².